The number of hydrogen-bond acceptors (Lipinski definition) is 14. The number of aromatic nitrogens is 10. The van der Waals surface area contributed by atoms with E-state index in [1.807, 2.05) is 63.9 Å². The molecule has 0 aliphatic heterocycles. The van der Waals surface area contributed by atoms with E-state index in [0.29, 0.717) is 22.8 Å². The van der Waals surface area contributed by atoms with Crippen LogP contribution in [-0.2, 0) is 20.7 Å². The molecular weight excluding hydrogens is 1190 g/mol. The van der Waals surface area contributed by atoms with E-state index in [0.717, 1.165) is 57.1 Å². The number of carboxylic acid groups (broad SMARTS) is 1. The minimum absolute atomic E-state index is 0.0271. The van der Waals surface area contributed by atoms with E-state index in [4.69, 9.17) is 20.9 Å². The van der Waals surface area contributed by atoms with Gasteiger partial charge in [-0.25, -0.2) is 24.1 Å². The summed E-state index contributed by atoms with van der Waals surface area (Å²) in [5, 5.41) is 53.4. The summed E-state index contributed by atoms with van der Waals surface area (Å²) in [6.07, 6.45) is 5.30. The highest BCUT2D eigenvalue weighted by Gasteiger charge is 2.20. The second kappa shape index (κ2) is 30.5. The number of aliphatic hydroxyl groups is 3. The largest absolute Gasteiger partial charge is 0.476 e. The lowest BCUT2D eigenvalue weighted by Crippen LogP contribution is -2.24. The van der Waals surface area contributed by atoms with Crippen molar-refractivity contribution in [2.24, 2.45) is 19.2 Å². The average Bonchev–Trinajstić information content (AvgIpc) is 3.86. The van der Waals surface area contributed by atoms with Gasteiger partial charge in [-0.2, -0.15) is 0 Å². The van der Waals surface area contributed by atoms with Crippen LogP contribution in [0.5, 0.6) is 0 Å². The average molecular weight is 1240 g/mol. The molecule has 0 aromatic carbocycles. The Morgan fingerprint density at radius 3 is 1.58 bits per heavy atom. The van der Waals surface area contributed by atoms with Crippen LogP contribution in [0.2, 0.25) is 19.6 Å². The van der Waals surface area contributed by atoms with Gasteiger partial charge in [0.1, 0.15) is 51.7 Å². The van der Waals surface area contributed by atoms with Crippen molar-refractivity contribution in [3.8, 4) is 47.0 Å². The van der Waals surface area contributed by atoms with E-state index in [9.17, 15) is 9.90 Å². The molecule has 0 bridgehead atoms. The summed E-state index contributed by atoms with van der Waals surface area (Å²) < 4.78 is 7.48. The third-order valence-electron chi connectivity index (χ3n) is 7.66. The molecule has 0 fully saturated rings. The first-order valence-electron chi connectivity index (χ1n) is 19.0. The van der Waals surface area contributed by atoms with E-state index in [-0.39, 0.29) is 31.2 Å². The van der Waals surface area contributed by atoms with Crippen molar-refractivity contribution in [2.45, 2.75) is 53.9 Å². The summed E-state index contributed by atoms with van der Waals surface area (Å²) in [5.74, 6) is 6.18. The number of carbonyl (C=O) groups is 1. The van der Waals surface area contributed by atoms with Crippen molar-refractivity contribution in [3.63, 3.8) is 0 Å². The molecule has 0 saturated carbocycles. The first-order chi connectivity index (χ1) is 31.0. The fourth-order valence-electron chi connectivity index (χ4n) is 4.38. The maximum absolute atomic E-state index is 11.1. The Labute approximate surface area is 426 Å². The van der Waals surface area contributed by atoms with Crippen molar-refractivity contribution in [2.75, 3.05) is 19.4 Å². The first kappa shape index (κ1) is 59.3. The maximum Gasteiger partial charge on any atom is 0.356 e. The Kier molecular flexibility index (Phi) is 27.4. The van der Waals surface area contributed by atoms with Crippen LogP contribution < -0.4 is 4.91 Å². The van der Waals surface area contributed by atoms with E-state index < -0.39 is 14.0 Å². The number of halogens is 5. The summed E-state index contributed by atoms with van der Waals surface area (Å²) in [5.41, 5.74) is 13.4. The lowest BCUT2D eigenvalue weighted by atomic mass is 10.2. The quantitative estimate of drug-likeness (QED) is 0.0345. The van der Waals surface area contributed by atoms with Gasteiger partial charge in [0.25, 0.3) is 0 Å². The maximum atomic E-state index is 11.1. The van der Waals surface area contributed by atoms with Gasteiger partial charge in [-0.3, -0.25) is 9.97 Å². The monoisotopic (exact) mass is 1240 g/mol. The summed E-state index contributed by atoms with van der Waals surface area (Å²) in [4.78, 5) is 31.0. The van der Waals surface area contributed by atoms with Gasteiger partial charge >= 0.3 is 5.97 Å². The number of aliphatic hydroxyl groups excluding tert-OH is 3. The fourth-order valence-corrected chi connectivity index (χ4v) is 6.16. The number of aromatic carboxylic acids is 1. The zero-order valence-electron chi connectivity index (χ0n) is 37.5. The Hall–Kier alpha value is -4.72. The molecule has 350 valence electrons. The molecule has 66 heavy (non-hydrogen) atoms. The Balaban J connectivity index is 0.000000415. The molecule has 0 aliphatic carbocycles. The van der Waals surface area contributed by atoms with Crippen LogP contribution in [0.15, 0.2) is 76.1 Å². The van der Waals surface area contributed by atoms with E-state index in [1.165, 1.54) is 11.7 Å². The lowest BCUT2D eigenvalue weighted by molar-refractivity contribution is 0.0685. The van der Waals surface area contributed by atoms with Gasteiger partial charge in [0, 0.05) is 32.0 Å². The van der Waals surface area contributed by atoms with Crippen molar-refractivity contribution >= 4 is 93.7 Å². The molecule has 0 radical (unpaired) electrons. The number of rotatable bonds is 6. The molecule has 6 aromatic rings. The molecule has 0 atom stereocenters. The second-order valence-corrected chi connectivity index (χ2v) is 23.8. The normalized spacial score (nSPS) is 9.82. The van der Waals surface area contributed by atoms with E-state index in [2.05, 4.69) is 168 Å². The van der Waals surface area contributed by atoms with Crippen LogP contribution in [0, 0.1) is 57.4 Å². The van der Waals surface area contributed by atoms with Crippen LogP contribution in [-0.4, -0.2) is 104 Å². The minimum atomic E-state index is -1.07. The lowest BCUT2D eigenvalue weighted by Gasteiger charge is -2.05. The van der Waals surface area contributed by atoms with Gasteiger partial charge in [0.15, 0.2) is 5.69 Å². The number of nitrogens with one attached hydrogen (secondary N) is 1. The molecule has 5 N–H and O–H groups in total. The number of pyridine rings is 4. The fraction of sp³-hybridized carbons (Fsp3) is 0.310. The molecule has 6 aromatic heterocycles. The topological polar surface area (TPSA) is 261 Å². The van der Waals surface area contributed by atoms with E-state index >= 15 is 0 Å². The van der Waals surface area contributed by atoms with Crippen molar-refractivity contribution in [3.05, 3.63) is 111 Å². The standard InChI is InChI=1S/C10H9BrN4O2.C10H11BrN4O.C9H8BrNO.C6H5Br2N.C4H12N3Si.C3H4O/c1-5-6(11)3-4-7(12-5)8-9(10(16)17)15(2)14-13-8;1-6-7(11)3-4-8(12-6)10-9(5-16)15(2)14-13-10;1-7-9(10)5-4-8(11-7)3-2-6-12;1-4-5(7)2-3-6(8)9-4;1-8(2,3)4-6-7-5;1-2-3-4/h3-4H,1-2H3,(H,16,17);3-4,16H,5H2,1-2H3;4-5,12H,6H2,1H3;2-3H,1H3;5H,4H2,1-3H3;1,4H,3H2/q;;;;+1;. The highest BCUT2D eigenvalue weighted by molar-refractivity contribution is 9.11. The molecule has 6 rings (SSSR count). The molecular formula is C42H49Br5N13O5Si+. The molecule has 0 amide bonds. The predicted octanol–water partition coefficient (Wildman–Crippen LogP) is 8.52. The van der Waals surface area contributed by atoms with Gasteiger partial charge in [-0.1, -0.05) is 41.9 Å². The van der Waals surface area contributed by atoms with Crippen LogP contribution in [0.4, 0.5) is 0 Å². The van der Waals surface area contributed by atoms with Crippen LogP contribution in [0.3, 0.4) is 0 Å². The minimum Gasteiger partial charge on any atom is -0.476 e. The molecule has 18 nitrogen and oxygen atoms in total. The van der Waals surface area contributed by atoms with Crippen molar-refractivity contribution in [1.82, 2.24) is 54.8 Å². The molecule has 0 saturated heterocycles. The third kappa shape index (κ3) is 21.3. The summed E-state index contributed by atoms with van der Waals surface area (Å²) in [6, 6.07) is 14.8. The number of aryl methyl sites for hydroxylation is 6. The van der Waals surface area contributed by atoms with Gasteiger partial charge in [0.2, 0.25) is 4.91 Å². The van der Waals surface area contributed by atoms with Gasteiger partial charge in [-0.15, -0.1) is 16.6 Å². The van der Waals surface area contributed by atoms with Gasteiger partial charge in [0.05, 0.1) is 54.5 Å². The molecule has 24 heteroatoms. The van der Waals surface area contributed by atoms with E-state index in [1.54, 1.807) is 29.9 Å². The van der Waals surface area contributed by atoms with Gasteiger partial charge in [-0.05, 0) is 162 Å². The summed E-state index contributed by atoms with van der Waals surface area (Å²) in [6.45, 7) is 13.8. The first-order valence-corrected chi connectivity index (χ1v) is 26.7. The molecule has 6 heterocycles. The number of terminal acetylenes is 1. The van der Waals surface area contributed by atoms with Crippen LogP contribution in [0.25, 0.3) is 22.8 Å². The van der Waals surface area contributed by atoms with Crippen molar-refractivity contribution in [1.29, 1.82) is 5.53 Å². The number of hydrogen-bond donors (Lipinski definition) is 5. The highest BCUT2D eigenvalue weighted by Crippen LogP contribution is 2.24. The Bertz CT molecular complexity index is 2690. The molecule has 0 unspecified atom stereocenters. The van der Waals surface area contributed by atoms with Crippen molar-refractivity contribution < 1.29 is 25.2 Å². The number of carboxylic acids is 1. The molecule has 0 spiro atoms. The second-order valence-electron chi connectivity index (χ2n) is 14.2. The Morgan fingerprint density at radius 1 is 0.727 bits per heavy atom. The third-order valence-corrected chi connectivity index (χ3v) is 12.5. The zero-order valence-corrected chi connectivity index (χ0v) is 46.4. The van der Waals surface area contributed by atoms with Gasteiger partial charge < -0.3 is 20.4 Å². The van der Waals surface area contributed by atoms with Crippen LogP contribution in [0.1, 0.15) is 44.7 Å². The number of nitrogens with zero attached hydrogens (tertiary/aromatic N) is 12. The van der Waals surface area contributed by atoms with Crippen LogP contribution >= 0.6 is 79.6 Å². The summed E-state index contributed by atoms with van der Waals surface area (Å²) >= 11 is 16.7. The highest BCUT2D eigenvalue weighted by atomic mass is 79.9. The molecule has 0 aliphatic rings. The summed E-state index contributed by atoms with van der Waals surface area (Å²) in [7, 11) is 2.22. The smallest absolute Gasteiger partial charge is 0.356 e. The predicted molar refractivity (Wildman–Crippen MR) is 273 cm³/mol. The SMILES string of the molecule is C#CCO.C[Si](C)(C)CN=[N+]=N.Cc1nc(-c2nnn(C)c2C(=O)O)ccc1Br.Cc1nc(-c2nnn(C)c2CO)ccc1Br.Cc1nc(Br)ccc1Br.Cc1nc(C#CCO)ccc1Br. The Morgan fingerprint density at radius 2 is 1.18 bits per heavy atom. The zero-order chi connectivity index (χ0) is 50.1.